The van der Waals surface area contributed by atoms with E-state index < -0.39 is 0 Å². The van der Waals surface area contributed by atoms with Gasteiger partial charge in [-0.2, -0.15) is 0 Å². The summed E-state index contributed by atoms with van der Waals surface area (Å²) in [5.41, 5.74) is 3.12. The van der Waals surface area contributed by atoms with E-state index in [-0.39, 0.29) is 35.8 Å². The monoisotopic (exact) mass is 513 g/mol. The number of aromatic hydroxyl groups is 1. The van der Waals surface area contributed by atoms with E-state index in [2.05, 4.69) is 28.6 Å². The molecule has 0 aliphatic heterocycles. The van der Waals surface area contributed by atoms with E-state index >= 15 is 0 Å². The van der Waals surface area contributed by atoms with Gasteiger partial charge in [-0.15, -0.1) is 11.3 Å². The molecule has 5 N–H and O–H groups in total. The molecule has 7 atom stereocenters. The lowest BCUT2D eigenvalue weighted by atomic mass is 9.53. The molecule has 3 aliphatic carbocycles. The van der Waals surface area contributed by atoms with Gasteiger partial charge >= 0.3 is 0 Å². The van der Waals surface area contributed by atoms with Crippen LogP contribution in [0.3, 0.4) is 0 Å². The van der Waals surface area contributed by atoms with Crippen molar-refractivity contribution in [3.05, 3.63) is 34.3 Å². The third kappa shape index (κ3) is 4.52. The van der Waals surface area contributed by atoms with E-state index in [0.29, 0.717) is 35.2 Å². The Bertz CT molecular complexity index is 1120. The third-order valence-corrected chi connectivity index (χ3v) is 10.1. The number of aliphatic hydroxyl groups is 2. The molecule has 0 radical (unpaired) electrons. The van der Waals surface area contributed by atoms with Crippen LogP contribution in [0.5, 0.6) is 5.75 Å². The average molecular weight is 514 g/mol. The zero-order chi connectivity index (χ0) is 25.6. The second-order valence-electron chi connectivity index (χ2n) is 11.5. The molecule has 1 aromatic carbocycles. The summed E-state index contributed by atoms with van der Waals surface area (Å²) in [4.78, 5) is 18.0. The molecule has 5 rings (SSSR count). The van der Waals surface area contributed by atoms with Gasteiger partial charge in [-0.05, 0) is 98.7 Å². The lowest BCUT2D eigenvalue weighted by Gasteiger charge is -2.51. The number of phenolic OH excluding ortho intramolecular Hbond substituents is 1. The number of aliphatic hydroxyl groups excluding tert-OH is 2. The second-order valence-corrected chi connectivity index (χ2v) is 12.7. The Balaban J connectivity index is 1.35. The number of thiazole rings is 1. The van der Waals surface area contributed by atoms with Crippen molar-refractivity contribution >= 4 is 28.1 Å². The van der Waals surface area contributed by atoms with Crippen LogP contribution in [0.15, 0.2) is 18.3 Å². The highest BCUT2D eigenvalue weighted by Gasteiger charge is 2.58. The Kier molecular flexibility index (Phi) is 7.05. The van der Waals surface area contributed by atoms with Gasteiger partial charge in [-0.25, -0.2) is 4.98 Å². The Hall–Kier alpha value is -2.16. The van der Waals surface area contributed by atoms with Gasteiger partial charge in [0, 0.05) is 23.5 Å². The molecule has 2 saturated carbocycles. The number of carbonyl (C=O) groups excluding carboxylic acids is 1. The number of rotatable bonds is 7. The van der Waals surface area contributed by atoms with Crippen LogP contribution in [0.4, 0.5) is 10.8 Å². The van der Waals surface area contributed by atoms with Crippen LogP contribution >= 0.6 is 11.3 Å². The molecule has 2 fully saturated rings. The molecule has 0 spiro atoms. The molecule has 7 nitrogen and oxygen atoms in total. The summed E-state index contributed by atoms with van der Waals surface area (Å²) in [6.45, 7) is 6.15. The van der Waals surface area contributed by atoms with E-state index in [9.17, 15) is 20.1 Å². The van der Waals surface area contributed by atoms with E-state index in [0.717, 1.165) is 49.1 Å². The molecule has 196 valence electrons. The zero-order valence-corrected chi connectivity index (χ0v) is 22.3. The van der Waals surface area contributed by atoms with Crippen molar-refractivity contribution in [2.75, 3.05) is 17.2 Å². The van der Waals surface area contributed by atoms with Crippen LogP contribution in [0, 0.1) is 30.1 Å². The maximum absolute atomic E-state index is 12.7. The van der Waals surface area contributed by atoms with Crippen molar-refractivity contribution in [2.24, 2.45) is 23.2 Å². The number of hydrogen-bond acceptors (Lipinski definition) is 7. The van der Waals surface area contributed by atoms with Crippen LogP contribution in [-0.4, -0.2) is 45.0 Å². The van der Waals surface area contributed by atoms with Crippen LogP contribution in [-0.2, 0) is 11.2 Å². The molecule has 8 heteroatoms. The molecule has 1 aromatic heterocycles. The standard InChI is InChI=1S/C28H39N3O4S/c1-15(14-32)30-26-21-6-5-20-19(18(21)7-8-22(26)33)10-11-28(3)23(34)12-17(25(20)28)4-9-24(35)31-27-29-13-16(2)36-27/h7-8,13,15,17,19-20,23,25,30,32-34H,4-6,9-12,14H2,1-3H3,(H,29,31,35). The normalized spacial score (nSPS) is 31.8. The number of carbonyl (C=O) groups is 1. The molecule has 7 unspecified atom stereocenters. The number of phenols is 1. The molecular formula is C28H39N3O4S. The number of benzene rings is 1. The first-order chi connectivity index (χ1) is 17.2. The average Bonchev–Trinajstić information content (AvgIpc) is 3.38. The minimum absolute atomic E-state index is 0.00186. The largest absolute Gasteiger partial charge is 0.506 e. The highest BCUT2D eigenvalue weighted by atomic mass is 32.1. The highest BCUT2D eigenvalue weighted by Crippen LogP contribution is 2.64. The number of aryl methyl sites for hydroxylation is 1. The van der Waals surface area contributed by atoms with Crippen LogP contribution < -0.4 is 10.6 Å². The minimum Gasteiger partial charge on any atom is -0.506 e. The first-order valence-electron chi connectivity index (χ1n) is 13.3. The first kappa shape index (κ1) is 25.5. The van der Waals surface area contributed by atoms with Crippen molar-refractivity contribution in [1.82, 2.24) is 4.98 Å². The van der Waals surface area contributed by atoms with Crippen LogP contribution in [0.1, 0.15) is 74.3 Å². The Labute approximate surface area is 217 Å². The maximum Gasteiger partial charge on any atom is 0.226 e. The Morgan fingerprint density at radius 2 is 2.14 bits per heavy atom. The van der Waals surface area contributed by atoms with Gasteiger partial charge in [0.05, 0.1) is 18.4 Å². The summed E-state index contributed by atoms with van der Waals surface area (Å²) in [7, 11) is 0. The number of nitrogens with one attached hydrogen (secondary N) is 2. The number of nitrogens with zero attached hydrogens (tertiary/aromatic N) is 1. The van der Waals surface area contributed by atoms with Crippen molar-refractivity contribution in [3.63, 3.8) is 0 Å². The first-order valence-corrected chi connectivity index (χ1v) is 14.2. The van der Waals surface area contributed by atoms with Crippen molar-refractivity contribution in [3.8, 4) is 5.75 Å². The molecular weight excluding hydrogens is 474 g/mol. The van der Waals surface area contributed by atoms with Crippen molar-refractivity contribution in [2.45, 2.75) is 83.8 Å². The number of amides is 1. The Morgan fingerprint density at radius 1 is 1.33 bits per heavy atom. The van der Waals surface area contributed by atoms with Crippen LogP contribution in [0.25, 0.3) is 0 Å². The van der Waals surface area contributed by atoms with Gasteiger partial charge in [0.1, 0.15) is 5.75 Å². The molecule has 0 bridgehead atoms. The van der Waals surface area contributed by atoms with Gasteiger partial charge in [0.25, 0.3) is 0 Å². The van der Waals surface area contributed by atoms with E-state index in [1.165, 1.54) is 22.5 Å². The summed E-state index contributed by atoms with van der Waals surface area (Å²) in [5, 5.41) is 38.2. The molecule has 2 aromatic rings. The topological polar surface area (TPSA) is 115 Å². The predicted molar refractivity (Wildman–Crippen MR) is 142 cm³/mol. The SMILES string of the molecule is Cc1cnc(NC(=O)CCC2CC(O)C3(C)CCC4c5ccc(O)c(NC(C)CO)c5CCC4C23)s1. The number of fused-ring (bicyclic) bond motifs is 5. The quantitative estimate of drug-likeness (QED) is 0.340. The molecule has 36 heavy (non-hydrogen) atoms. The van der Waals surface area contributed by atoms with Gasteiger partial charge in [-0.3, -0.25) is 4.79 Å². The highest BCUT2D eigenvalue weighted by molar-refractivity contribution is 7.15. The molecule has 1 amide bonds. The van der Waals surface area contributed by atoms with Gasteiger partial charge in [0.2, 0.25) is 5.91 Å². The van der Waals surface area contributed by atoms with Gasteiger partial charge < -0.3 is 26.0 Å². The maximum atomic E-state index is 12.7. The third-order valence-electron chi connectivity index (χ3n) is 9.26. The summed E-state index contributed by atoms with van der Waals surface area (Å²) in [6.07, 6.45) is 7.29. The number of aromatic nitrogens is 1. The van der Waals surface area contributed by atoms with E-state index in [1.54, 1.807) is 12.3 Å². The molecule has 1 heterocycles. The predicted octanol–water partition coefficient (Wildman–Crippen LogP) is 4.81. The number of hydrogen-bond donors (Lipinski definition) is 5. The lowest BCUT2D eigenvalue weighted by molar-refractivity contribution is -0.116. The summed E-state index contributed by atoms with van der Waals surface area (Å²) >= 11 is 1.49. The number of anilines is 2. The van der Waals surface area contributed by atoms with Crippen molar-refractivity contribution < 1.29 is 20.1 Å². The zero-order valence-electron chi connectivity index (χ0n) is 21.5. The van der Waals surface area contributed by atoms with E-state index in [4.69, 9.17) is 0 Å². The second kappa shape index (κ2) is 9.95. The summed E-state index contributed by atoms with van der Waals surface area (Å²) in [6, 6.07) is 3.74. The summed E-state index contributed by atoms with van der Waals surface area (Å²) < 4.78 is 0. The fourth-order valence-electron chi connectivity index (χ4n) is 7.57. The molecule has 3 aliphatic rings. The van der Waals surface area contributed by atoms with Crippen molar-refractivity contribution in [1.29, 1.82) is 0 Å². The van der Waals surface area contributed by atoms with E-state index in [1.807, 2.05) is 13.8 Å². The Morgan fingerprint density at radius 3 is 2.86 bits per heavy atom. The fourth-order valence-corrected chi connectivity index (χ4v) is 8.25. The fraction of sp³-hybridized carbons (Fsp3) is 0.643. The summed E-state index contributed by atoms with van der Waals surface area (Å²) in [5.74, 6) is 1.76. The van der Waals surface area contributed by atoms with Gasteiger partial charge in [-0.1, -0.05) is 13.0 Å². The van der Waals surface area contributed by atoms with Gasteiger partial charge in [0.15, 0.2) is 5.13 Å². The minimum atomic E-state index is -0.332. The smallest absolute Gasteiger partial charge is 0.226 e. The lowest BCUT2D eigenvalue weighted by Crippen LogP contribution is -2.45. The molecule has 0 saturated heterocycles. The van der Waals surface area contributed by atoms with Crippen LogP contribution in [0.2, 0.25) is 0 Å².